The Morgan fingerprint density at radius 1 is 0.980 bits per heavy atom. The smallest absolute Gasteiger partial charge is 0.425 e. The average molecular weight is 717 g/mol. The van der Waals surface area contributed by atoms with Crippen LogP contribution in [0.1, 0.15) is 23.1 Å². The first kappa shape index (κ1) is 38.5. The van der Waals surface area contributed by atoms with Crippen LogP contribution in [0.5, 0.6) is 5.75 Å². The lowest BCUT2D eigenvalue weighted by Crippen LogP contribution is -2.49. The molecule has 0 spiro atoms. The maximum atomic E-state index is 14.2. The Bertz CT molecular complexity index is 1620. The molecule has 1 aliphatic heterocycles. The second-order valence-corrected chi connectivity index (χ2v) is 18.6. The van der Waals surface area contributed by atoms with E-state index < -0.39 is 44.0 Å². The molecule has 4 rings (SSSR count). The maximum absolute atomic E-state index is 14.2. The van der Waals surface area contributed by atoms with Gasteiger partial charge in [0.15, 0.2) is 11.3 Å². The molecule has 12 nitrogen and oxygen atoms in total. The van der Waals surface area contributed by atoms with Crippen LogP contribution < -0.4 is 15.2 Å². The molecule has 0 N–H and O–H groups in total. The number of nitrogens with zero attached hydrogens (tertiary/aromatic N) is 6. The molecule has 1 aliphatic rings. The van der Waals surface area contributed by atoms with Crippen LogP contribution in [0.15, 0.2) is 59.7 Å². The summed E-state index contributed by atoms with van der Waals surface area (Å²) < 4.78 is 65.9. The molecular weight excluding hydrogens is 673 g/mol. The number of nitriles is 1. The van der Waals surface area contributed by atoms with Crippen molar-refractivity contribution in [1.82, 2.24) is 19.7 Å². The van der Waals surface area contributed by atoms with Crippen LogP contribution in [0.25, 0.3) is 0 Å². The molecule has 270 valence electrons. The molecule has 0 bridgehead atoms. The Hall–Kier alpha value is -4.30. The molecule has 1 atom stereocenters. The van der Waals surface area contributed by atoms with E-state index in [-0.39, 0.29) is 38.8 Å². The zero-order valence-electron chi connectivity index (χ0n) is 28.5. The highest BCUT2D eigenvalue weighted by Gasteiger charge is 2.40. The van der Waals surface area contributed by atoms with Crippen LogP contribution in [-0.4, -0.2) is 92.4 Å². The van der Waals surface area contributed by atoms with E-state index in [1.165, 1.54) is 6.20 Å². The molecule has 3 heterocycles. The minimum absolute atomic E-state index is 0.00446. The quantitative estimate of drug-likeness (QED) is 0.145. The van der Waals surface area contributed by atoms with Crippen molar-refractivity contribution in [2.24, 2.45) is 0 Å². The van der Waals surface area contributed by atoms with Crippen molar-refractivity contribution in [3.63, 3.8) is 0 Å². The number of piperazine rings is 1. The Balaban J connectivity index is 1.35. The SMILES string of the molecule is C[Si](C)(C)CCOCn1ncc(OC(COCCC(=O)N2CCN(c3ccc(C#N)cn3)CC2)COCc2ccccc2)c(C(F)(F)F)c1=O. The van der Waals surface area contributed by atoms with Gasteiger partial charge < -0.3 is 28.7 Å². The van der Waals surface area contributed by atoms with E-state index in [2.05, 4.69) is 29.7 Å². The minimum atomic E-state index is -5.03. The molecule has 1 unspecified atom stereocenters. The van der Waals surface area contributed by atoms with Gasteiger partial charge in [-0.15, -0.1) is 0 Å². The third kappa shape index (κ3) is 11.9. The number of hydrogen-bond donors (Lipinski definition) is 0. The summed E-state index contributed by atoms with van der Waals surface area (Å²) in [6.07, 6.45) is -3.67. The molecule has 1 amide bonds. The summed E-state index contributed by atoms with van der Waals surface area (Å²) in [4.78, 5) is 33.9. The Morgan fingerprint density at radius 3 is 2.34 bits per heavy atom. The van der Waals surface area contributed by atoms with Gasteiger partial charge in [-0.3, -0.25) is 9.59 Å². The standard InChI is InChI=1S/C34H43F3N6O6Si/c1-50(2,3)18-17-47-25-43-33(45)32(34(35,36)37)29(21-40-43)49-28(24-48-22-26-7-5-4-6-8-26)23-46-16-11-31(44)42-14-12-41(13-15-42)30-10-9-27(19-38)20-39-30/h4-10,20-21,28H,11-18,22-25H2,1-3H3. The first-order chi connectivity index (χ1) is 23.8. The third-order valence-electron chi connectivity index (χ3n) is 7.81. The monoisotopic (exact) mass is 716 g/mol. The van der Waals surface area contributed by atoms with E-state index in [9.17, 15) is 22.8 Å². The number of amides is 1. The van der Waals surface area contributed by atoms with E-state index in [1.807, 2.05) is 41.3 Å². The van der Waals surface area contributed by atoms with Gasteiger partial charge in [-0.2, -0.15) is 23.5 Å². The molecule has 0 saturated carbocycles. The number of aromatic nitrogens is 3. The Labute approximate surface area is 290 Å². The fraction of sp³-hybridized carbons (Fsp3) is 0.500. The highest BCUT2D eigenvalue weighted by molar-refractivity contribution is 6.76. The van der Waals surface area contributed by atoms with Gasteiger partial charge in [0.05, 0.1) is 44.6 Å². The second-order valence-electron chi connectivity index (χ2n) is 13.0. The lowest BCUT2D eigenvalue weighted by molar-refractivity contribution is -0.142. The number of rotatable bonds is 17. The van der Waals surface area contributed by atoms with Gasteiger partial charge >= 0.3 is 6.18 Å². The van der Waals surface area contributed by atoms with Crippen molar-refractivity contribution in [3.8, 4) is 11.8 Å². The van der Waals surface area contributed by atoms with Gasteiger partial charge in [-0.1, -0.05) is 50.0 Å². The van der Waals surface area contributed by atoms with E-state index in [4.69, 9.17) is 24.2 Å². The average Bonchev–Trinajstić information content (AvgIpc) is 3.08. The fourth-order valence-electron chi connectivity index (χ4n) is 4.98. The van der Waals surface area contributed by atoms with Crippen LogP contribution in [0.3, 0.4) is 0 Å². The number of pyridine rings is 1. The number of alkyl halides is 3. The Morgan fingerprint density at radius 2 is 1.70 bits per heavy atom. The van der Waals surface area contributed by atoms with Gasteiger partial charge in [0.25, 0.3) is 5.56 Å². The number of halogens is 3. The molecule has 2 aromatic heterocycles. The van der Waals surface area contributed by atoms with Crippen LogP contribution in [0.4, 0.5) is 19.0 Å². The van der Waals surface area contributed by atoms with E-state index in [0.29, 0.717) is 43.0 Å². The van der Waals surface area contributed by atoms with Crippen molar-refractivity contribution in [2.45, 2.75) is 57.7 Å². The number of carbonyl (C=O) groups is 1. The van der Waals surface area contributed by atoms with Gasteiger partial charge in [0.1, 0.15) is 24.7 Å². The van der Waals surface area contributed by atoms with E-state index in [0.717, 1.165) is 23.6 Å². The zero-order valence-corrected chi connectivity index (χ0v) is 29.5. The number of anilines is 1. The Kier molecular flexibility index (Phi) is 13.9. The lowest BCUT2D eigenvalue weighted by atomic mass is 10.2. The molecule has 16 heteroatoms. The summed E-state index contributed by atoms with van der Waals surface area (Å²) in [5, 5.41) is 12.9. The second kappa shape index (κ2) is 18.1. The number of hydrogen-bond acceptors (Lipinski definition) is 10. The normalized spacial score (nSPS) is 14.3. The minimum Gasteiger partial charge on any atom is -0.483 e. The number of benzene rings is 1. The summed E-state index contributed by atoms with van der Waals surface area (Å²) in [6, 6.07) is 15.5. The summed E-state index contributed by atoms with van der Waals surface area (Å²) >= 11 is 0. The van der Waals surface area contributed by atoms with Crippen molar-refractivity contribution in [1.29, 1.82) is 5.26 Å². The van der Waals surface area contributed by atoms with Crippen molar-refractivity contribution in [3.05, 3.63) is 81.9 Å². The molecule has 0 radical (unpaired) electrons. The third-order valence-corrected chi connectivity index (χ3v) is 9.51. The van der Waals surface area contributed by atoms with Gasteiger partial charge in [-0.25, -0.2) is 9.67 Å². The summed E-state index contributed by atoms with van der Waals surface area (Å²) in [5.41, 5.74) is -1.56. The first-order valence-electron chi connectivity index (χ1n) is 16.3. The highest BCUT2D eigenvalue weighted by atomic mass is 28.3. The van der Waals surface area contributed by atoms with Gasteiger partial charge in [0, 0.05) is 47.1 Å². The van der Waals surface area contributed by atoms with Crippen LogP contribution in [-0.2, 0) is 38.5 Å². The maximum Gasteiger partial charge on any atom is 0.425 e. The van der Waals surface area contributed by atoms with Gasteiger partial charge in [0.2, 0.25) is 5.91 Å². The van der Waals surface area contributed by atoms with Gasteiger partial charge in [-0.05, 0) is 23.7 Å². The van der Waals surface area contributed by atoms with E-state index >= 15 is 0 Å². The van der Waals surface area contributed by atoms with Crippen LogP contribution in [0, 0.1) is 11.3 Å². The predicted octanol–water partition coefficient (Wildman–Crippen LogP) is 4.56. The molecule has 50 heavy (non-hydrogen) atoms. The largest absolute Gasteiger partial charge is 0.483 e. The van der Waals surface area contributed by atoms with E-state index in [1.54, 1.807) is 17.0 Å². The molecule has 1 saturated heterocycles. The highest BCUT2D eigenvalue weighted by Crippen LogP contribution is 2.33. The molecule has 3 aromatic rings. The van der Waals surface area contributed by atoms with Crippen molar-refractivity contribution < 1.29 is 36.9 Å². The first-order valence-corrected chi connectivity index (χ1v) is 20.0. The molecule has 1 aromatic carbocycles. The predicted molar refractivity (Wildman–Crippen MR) is 181 cm³/mol. The fourth-order valence-corrected chi connectivity index (χ4v) is 5.74. The zero-order chi connectivity index (χ0) is 36.1. The van der Waals surface area contributed by atoms with Crippen molar-refractivity contribution in [2.75, 3.05) is 57.5 Å². The topological polar surface area (TPSA) is 132 Å². The van der Waals surface area contributed by atoms with Crippen LogP contribution in [0.2, 0.25) is 25.7 Å². The molecular formula is C34H43F3N6O6Si. The summed E-state index contributed by atoms with van der Waals surface area (Å²) in [6.45, 7) is 8.17. The number of carbonyl (C=O) groups excluding carboxylic acids is 1. The summed E-state index contributed by atoms with van der Waals surface area (Å²) in [5.74, 6) is -0.148. The lowest BCUT2D eigenvalue weighted by Gasteiger charge is -2.35. The molecule has 1 fully saturated rings. The van der Waals surface area contributed by atoms with Crippen molar-refractivity contribution >= 4 is 19.8 Å². The number of ether oxygens (including phenoxy) is 4. The molecule has 0 aliphatic carbocycles. The summed E-state index contributed by atoms with van der Waals surface area (Å²) in [7, 11) is -1.45. The van der Waals surface area contributed by atoms with Crippen LogP contribution >= 0.6 is 0 Å².